The van der Waals surface area contributed by atoms with Crippen LogP contribution in [0.1, 0.15) is 56.0 Å². The van der Waals surface area contributed by atoms with E-state index in [1.165, 1.54) is 12.8 Å². The average Bonchev–Trinajstić information content (AvgIpc) is 3.36. The Hall–Kier alpha value is -2.22. The summed E-state index contributed by atoms with van der Waals surface area (Å²) in [4.78, 5) is 17.3. The predicted octanol–water partition coefficient (Wildman–Crippen LogP) is 1.50. The third kappa shape index (κ3) is 2.92. The van der Waals surface area contributed by atoms with Crippen LogP contribution in [0.5, 0.6) is 0 Å². The molecule has 1 unspecified atom stereocenters. The van der Waals surface area contributed by atoms with Gasteiger partial charge in [-0.25, -0.2) is 4.98 Å². The van der Waals surface area contributed by atoms with Crippen molar-refractivity contribution < 1.29 is 9.53 Å². The summed E-state index contributed by atoms with van der Waals surface area (Å²) < 4.78 is 9.75. The van der Waals surface area contributed by atoms with Crippen LogP contribution < -0.4 is 5.32 Å². The lowest BCUT2D eigenvalue weighted by Crippen LogP contribution is -2.53. The number of hydrogen-bond donors (Lipinski definition) is 1. The molecule has 26 heavy (non-hydrogen) atoms. The number of aromatic nitrogens is 5. The Labute approximate surface area is 153 Å². The van der Waals surface area contributed by atoms with E-state index in [4.69, 9.17) is 4.74 Å². The lowest BCUT2D eigenvalue weighted by Gasteiger charge is -2.36. The van der Waals surface area contributed by atoms with Gasteiger partial charge in [0.2, 0.25) is 5.91 Å². The van der Waals surface area contributed by atoms with E-state index in [1.807, 2.05) is 29.2 Å². The fourth-order valence-corrected chi connectivity index (χ4v) is 4.10. The quantitative estimate of drug-likeness (QED) is 0.875. The molecule has 3 heterocycles. The molecule has 1 fully saturated rings. The molecule has 1 atom stereocenters. The summed E-state index contributed by atoms with van der Waals surface area (Å²) in [6.45, 7) is 5.87. The second kappa shape index (κ2) is 6.83. The summed E-state index contributed by atoms with van der Waals surface area (Å²) in [7, 11) is 0. The van der Waals surface area contributed by atoms with Crippen molar-refractivity contribution in [2.24, 2.45) is 0 Å². The first-order valence-electron chi connectivity index (χ1n) is 9.38. The number of aryl methyl sites for hydroxylation is 1. The molecular formula is C18H26N6O2. The molecule has 140 valence electrons. The van der Waals surface area contributed by atoms with Crippen molar-refractivity contribution in [2.45, 2.75) is 64.1 Å². The maximum absolute atomic E-state index is 13.1. The highest BCUT2D eigenvalue weighted by Crippen LogP contribution is 2.37. The van der Waals surface area contributed by atoms with E-state index >= 15 is 0 Å². The summed E-state index contributed by atoms with van der Waals surface area (Å²) in [5.41, 5.74) is -0.807. The summed E-state index contributed by atoms with van der Waals surface area (Å²) in [6.07, 6.45) is 8.37. The van der Waals surface area contributed by atoms with E-state index < -0.39 is 5.54 Å². The molecule has 1 amide bonds. The minimum Gasteiger partial charge on any atom is -0.370 e. The third-order valence-electron chi connectivity index (χ3n) is 5.63. The highest BCUT2D eigenvalue weighted by atomic mass is 16.5. The monoisotopic (exact) mass is 358 g/mol. The summed E-state index contributed by atoms with van der Waals surface area (Å²) in [6, 6.07) is 0. The Morgan fingerprint density at radius 1 is 1.38 bits per heavy atom. The largest absolute Gasteiger partial charge is 0.370 e. The molecule has 0 radical (unpaired) electrons. The summed E-state index contributed by atoms with van der Waals surface area (Å²) in [5, 5.41) is 11.8. The number of carbonyl (C=O) groups is 1. The van der Waals surface area contributed by atoms with Gasteiger partial charge >= 0.3 is 0 Å². The van der Waals surface area contributed by atoms with E-state index in [0.29, 0.717) is 32.2 Å². The molecule has 1 aliphatic carbocycles. The average molecular weight is 358 g/mol. The van der Waals surface area contributed by atoms with Crippen molar-refractivity contribution in [1.29, 1.82) is 0 Å². The van der Waals surface area contributed by atoms with Crippen LogP contribution in [-0.4, -0.2) is 43.4 Å². The maximum Gasteiger partial charge on any atom is 0.248 e. The van der Waals surface area contributed by atoms with Crippen molar-refractivity contribution in [1.82, 2.24) is 29.6 Å². The van der Waals surface area contributed by atoms with Crippen LogP contribution in [0, 0.1) is 6.92 Å². The van der Waals surface area contributed by atoms with Crippen LogP contribution in [0.15, 0.2) is 12.4 Å². The highest BCUT2D eigenvalue weighted by molar-refractivity contribution is 5.84. The first kappa shape index (κ1) is 17.2. The van der Waals surface area contributed by atoms with Crippen LogP contribution in [0.25, 0.3) is 0 Å². The second-order valence-corrected chi connectivity index (χ2v) is 7.48. The Morgan fingerprint density at radius 2 is 2.19 bits per heavy atom. The van der Waals surface area contributed by atoms with Crippen LogP contribution in [0.4, 0.5) is 0 Å². The van der Waals surface area contributed by atoms with Gasteiger partial charge in [-0.3, -0.25) is 9.36 Å². The molecule has 1 saturated carbocycles. The van der Waals surface area contributed by atoms with Crippen LogP contribution in [-0.2, 0) is 28.2 Å². The van der Waals surface area contributed by atoms with E-state index in [9.17, 15) is 4.79 Å². The first-order valence-corrected chi connectivity index (χ1v) is 9.38. The van der Waals surface area contributed by atoms with Gasteiger partial charge in [0, 0.05) is 31.4 Å². The highest BCUT2D eigenvalue weighted by Gasteiger charge is 2.43. The van der Waals surface area contributed by atoms with Gasteiger partial charge < -0.3 is 14.6 Å². The molecular weight excluding hydrogens is 332 g/mol. The molecule has 0 aromatic carbocycles. The zero-order chi connectivity index (χ0) is 18.1. The van der Waals surface area contributed by atoms with Gasteiger partial charge in [0.25, 0.3) is 0 Å². The molecule has 0 bridgehead atoms. The number of rotatable bonds is 5. The number of nitrogens with zero attached hydrogens (tertiary/aromatic N) is 5. The van der Waals surface area contributed by atoms with E-state index in [0.717, 1.165) is 30.3 Å². The van der Waals surface area contributed by atoms with Gasteiger partial charge in [-0.15, -0.1) is 10.2 Å². The number of ether oxygens (including phenoxy) is 1. The smallest absolute Gasteiger partial charge is 0.248 e. The van der Waals surface area contributed by atoms with Gasteiger partial charge in [0.05, 0.1) is 6.61 Å². The van der Waals surface area contributed by atoms with Crippen molar-refractivity contribution >= 4 is 5.91 Å². The van der Waals surface area contributed by atoms with Crippen LogP contribution in [0.2, 0.25) is 0 Å². The number of fused-ring (bicyclic) bond motifs is 1. The van der Waals surface area contributed by atoms with E-state index in [-0.39, 0.29) is 5.91 Å². The van der Waals surface area contributed by atoms with E-state index in [1.54, 1.807) is 6.20 Å². The van der Waals surface area contributed by atoms with Gasteiger partial charge in [-0.05, 0) is 26.7 Å². The van der Waals surface area contributed by atoms with Gasteiger partial charge in [-0.2, -0.15) is 0 Å². The zero-order valence-electron chi connectivity index (χ0n) is 15.4. The van der Waals surface area contributed by atoms with Gasteiger partial charge in [-0.1, -0.05) is 12.8 Å². The predicted molar refractivity (Wildman–Crippen MR) is 94.5 cm³/mol. The third-order valence-corrected chi connectivity index (χ3v) is 5.63. The number of amides is 1. The fraction of sp³-hybridized carbons (Fsp3) is 0.667. The minimum absolute atomic E-state index is 0.0461. The van der Waals surface area contributed by atoms with Crippen molar-refractivity contribution in [2.75, 3.05) is 13.2 Å². The maximum atomic E-state index is 13.1. The molecule has 0 saturated heterocycles. The second-order valence-electron chi connectivity index (χ2n) is 7.48. The Kier molecular flexibility index (Phi) is 4.52. The minimum atomic E-state index is -0.807. The molecule has 1 N–H and O–H groups in total. The Bertz CT molecular complexity index is 791. The number of hydrogen-bond acceptors (Lipinski definition) is 5. The summed E-state index contributed by atoms with van der Waals surface area (Å²) >= 11 is 0. The lowest BCUT2D eigenvalue weighted by molar-refractivity contribution is -0.135. The number of imidazole rings is 1. The zero-order valence-corrected chi connectivity index (χ0v) is 15.4. The molecule has 8 heteroatoms. The first-order chi connectivity index (χ1) is 12.6. The van der Waals surface area contributed by atoms with Crippen LogP contribution in [0.3, 0.4) is 0 Å². The Morgan fingerprint density at radius 3 is 2.92 bits per heavy atom. The lowest BCUT2D eigenvalue weighted by atomic mass is 9.98. The number of nitrogens with one attached hydrogen (secondary N) is 1. The normalized spacial score (nSPS) is 23.2. The SMILES string of the molecule is Cc1nccn1CCNC(=O)C1(C)COCc2nnc(C3CCCC3)n21. The molecule has 2 aliphatic rings. The molecule has 0 spiro atoms. The van der Waals surface area contributed by atoms with Crippen molar-refractivity contribution in [3.05, 3.63) is 29.9 Å². The topological polar surface area (TPSA) is 86.9 Å². The fourth-order valence-electron chi connectivity index (χ4n) is 4.10. The molecule has 2 aromatic heterocycles. The molecule has 4 rings (SSSR count). The van der Waals surface area contributed by atoms with E-state index in [2.05, 4.69) is 20.5 Å². The van der Waals surface area contributed by atoms with Gasteiger partial charge in [0.1, 0.15) is 23.8 Å². The van der Waals surface area contributed by atoms with Gasteiger partial charge in [0.15, 0.2) is 5.82 Å². The summed E-state index contributed by atoms with van der Waals surface area (Å²) in [5.74, 6) is 2.99. The molecule has 8 nitrogen and oxygen atoms in total. The van der Waals surface area contributed by atoms with Crippen molar-refractivity contribution in [3.63, 3.8) is 0 Å². The Balaban J connectivity index is 1.52. The standard InChI is InChI=1S/C18H26N6O2/c1-13-19-7-9-23(13)10-8-20-17(25)18(2)12-26-11-15-21-22-16(24(15)18)14-5-3-4-6-14/h7,9,14H,3-6,8,10-12H2,1-2H3,(H,20,25). The van der Waals surface area contributed by atoms with Crippen LogP contribution >= 0.6 is 0 Å². The molecule has 1 aliphatic heterocycles. The van der Waals surface area contributed by atoms with Crippen molar-refractivity contribution in [3.8, 4) is 0 Å². The molecule has 2 aromatic rings. The number of carbonyl (C=O) groups excluding carboxylic acids is 1.